The number of aryl methyl sites for hydroxylation is 1. The van der Waals surface area contributed by atoms with Crippen molar-refractivity contribution in [2.45, 2.75) is 117 Å². The molecule has 5 heterocycles. The molecule has 24 heteroatoms. The van der Waals surface area contributed by atoms with Gasteiger partial charge in [0, 0.05) is 61.2 Å². The zero-order valence-corrected chi connectivity index (χ0v) is 43.4. The topological polar surface area (TPSA) is 251 Å². The van der Waals surface area contributed by atoms with E-state index >= 15 is 0 Å². The monoisotopic (exact) mass is 1040 g/mol. The SMILES string of the molecule is CC(NC(=O)C(NC(=O)OC(C)(C)C)C(C)C)C(=O)Nc1ccc(COC(=O)N(CCN=[N+]=[N-])c2cc(C3(Cc4nncn4C)COC3)cc(N3Cc4c(cc(CN5CCC[C@H](C)C5)cc4C(F)(F)F)C3=O)n2)cc1. The van der Waals surface area contributed by atoms with Crippen molar-refractivity contribution >= 4 is 47.2 Å². The summed E-state index contributed by atoms with van der Waals surface area (Å²) < 4.78 is 63.4. The number of carbonyl (C=O) groups excluding carboxylic acids is 5. The zero-order valence-electron chi connectivity index (χ0n) is 43.4. The van der Waals surface area contributed by atoms with Gasteiger partial charge in [-0.25, -0.2) is 14.6 Å². The van der Waals surface area contributed by atoms with Crippen LogP contribution in [0.2, 0.25) is 0 Å². The molecule has 0 radical (unpaired) electrons. The fraction of sp³-hybridized carbons (Fsp3) is 0.529. The number of amides is 5. The molecule has 3 aliphatic heterocycles. The van der Waals surface area contributed by atoms with Crippen LogP contribution in [0.3, 0.4) is 0 Å². The van der Waals surface area contributed by atoms with Crippen molar-refractivity contribution in [1.82, 2.24) is 35.3 Å². The van der Waals surface area contributed by atoms with Gasteiger partial charge in [-0.15, -0.1) is 10.2 Å². The van der Waals surface area contributed by atoms with Gasteiger partial charge in [0.2, 0.25) is 11.8 Å². The van der Waals surface area contributed by atoms with Crippen molar-refractivity contribution in [3.8, 4) is 0 Å². The minimum absolute atomic E-state index is 0.0298. The van der Waals surface area contributed by atoms with Gasteiger partial charge in [0.1, 0.15) is 48.1 Å². The van der Waals surface area contributed by atoms with Gasteiger partial charge in [0.25, 0.3) is 5.91 Å². The summed E-state index contributed by atoms with van der Waals surface area (Å²) in [6.07, 6.45) is -2.68. The summed E-state index contributed by atoms with van der Waals surface area (Å²) in [5, 5.41) is 19.8. The highest BCUT2D eigenvalue weighted by Crippen LogP contribution is 2.43. The number of anilines is 3. The molecule has 75 heavy (non-hydrogen) atoms. The summed E-state index contributed by atoms with van der Waals surface area (Å²) >= 11 is 0. The van der Waals surface area contributed by atoms with Gasteiger partial charge in [0.15, 0.2) is 0 Å². The molecule has 402 valence electrons. The number of alkyl halides is 3. The highest BCUT2D eigenvalue weighted by molar-refractivity contribution is 6.10. The Bertz CT molecular complexity index is 2810. The predicted molar refractivity (Wildman–Crippen MR) is 269 cm³/mol. The van der Waals surface area contributed by atoms with Crippen molar-refractivity contribution in [2.75, 3.05) is 54.5 Å². The lowest BCUT2D eigenvalue weighted by atomic mass is 9.75. The minimum Gasteiger partial charge on any atom is -0.444 e. The van der Waals surface area contributed by atoms with Gasteiger partial charge in [0.05, 0.1) is 25.3 Å². The number of nitrogens with zero attached hydrogens (tertiary/aromatic N) is 10. The number of alkyl carbamates (subject to hydrolysis) is 1. The first kappa shape index (κ1) is 55.5. The zero-order chi connectivity index (χ0) is 54.4. The number of likely N-dealkylation sites (tertiary alicyclic amines) is 1. The maximum Gasteiger partial charge on any atom is 0.416 e. The number of rotatable bonds is 18. The Hall–Kier alpha value is -7.30. The molecule has 3 atom stereocenters. The molecule has 2 aromatic heterocycles. The highest BCUT2D eigenvalue weighted by Gasteiger charge is 2.45. The van der Waals surface area contributed by atoms with Crippen molar-refractivity contribution in [2.24, 2.45) is 24.0 Å². The average molecular weight is 1040 g/mol. The van der Waals surface area contributed by atoms with Gasteiger partial charge >= 0.3 is 18.4 Å². The Balaban J connectivity index is 1.12. The number of piperidine rings is 1. The van der Waals surface area contributed by atoms with Crippen molar-refractivity contribution in [3.05, 3.63) is 105 Å². The predicted octanol–water partition coefficient (Wildman–Crippen LogP) is 7.58. The third kappa shape index (κ3) is 13.7. The fourth-order valence-electron chi connectivity index (χ4n) is 9.24. The van der Waals surface area contributed by atoms with Gasteiger partial charge < -0.3 is 34.7 Å². The molecule has 7 rings (SSSR count). The van der Waals surface area contributed by atoms with E-state index in [1.807, 2.05) is 0 Å². The molecule has 0 spiro atoms. The first-order valence-electron chi connectivity index (χ1n) is 24.8. The molecule has 0 bridgehead atoms. The smallest absolute Gasteiger partial charge is 0.416 e. The lowest BCUT2D eigenvalue weighted by molar-refractivity contribution is -0.138. The van der Waals surface area contributed by atoms with Crippen LogP contribution in [0, 0.1) is 11.8 Å². The van der Waals surface area contributed by atoms with E-state index in [0.29, 0.717) is 40.5 Å². The van der Waals surface area contributed by atoms with Crippen molar-refractivity contribution in [3.63, 3.8) is 0 Å². The Morgan fingerprint density at radius 1 is 1.03 bits per heavy atom. The van der Waals surface area contributed by atoms with Crippen LogP contribution in [0.15, 0.2) is 60.0 Å². The second-order valence-corrected chi connectivity index (χ2v) is 20.9. The van der Waals surface area contributed by atoms with Gasteiger partial charge in [-0.3, -0.25) is 29.1 Å². The van der Waals surface area contributed by atoms with Crippen LogP contribution in [0.4, 0.5) is 40.1 Å². The highest BCUT2D eigenvalue weighted by atomic mass is 19.4. The van der Waals surface area contributed by atoms with Crippen LogP contribution in [0.5, 0.6) is 0 Å². The molecule has 4 aromatic rings. The van der Waals surface area contributed by atoms with Crippen LogP contribution in [0.1, 0.15) is 105 Å². The Labute approximate surface area is 432 Å². The number of benzene rings is 2. The van der Waals surface area contributed by atoms with E-state index < -0.39 is 71.3 Å². The number of pyridine rings is 1. The molecule has 2 unspecified atom stereocenters. The second kappa shape index (κ2) is 23.1. The maximum absolute atomic E-state index is 14.9. The van der Waals surface area contributed by atoms with Crippen LogP contribution >= 0.6 is 0 Å². The number of carbonyl (C=O) groups is 5. The van der Waals surface area contributed by atoms with Gasteiger partial charge in [-0.05, 0) is 123 Å². The quantitative estimate of drug-likeness (QED) is 0.0496. The number of ether oxygens (including phenoxy) is 3. The molecule has 21 nitrogen and oxygen atoms in total. The molecule has 2 saturated heterocycles. The Kier molecular flexibility index (Phi) is 17.1. The first-order chi connectivity index (χ1) is 35.4. The van der Waals surface area contributed by atoms with Crippen molar-refractivity contribution in [1.29, 1.82) is 0 Å². The second-order valence-electron chi connectivity index (χ2n) is 20.9. The molecule has 5 amide bonds. The molecular weight excluding hydrogens is 980 g/mol. The molecule has 0 aliphatic carbocycles. The van der Waals surface area contributed by atoms with Crippen molar-refractivity contribution < 1.29 is 51.4 Å². The van der Waals surface area contributed by atoms with Crippen LogP contribution in [0.25, 0.3) is 10.4 Å². The molecule has 2 fully saturated rings. The first-order valence-corrected chi connectivity index (χ1v) is 24.8. The lowest BCUT2D eigenvalue weighted by Crippen LogP contribution is -2.54. The van der Waals surface area contributed by atoms with E-state index in [-0.39, 0.29) is 68.1 Å². The Morgan fingerprint density at radius 2 is 1.76 bits per heavy atom. The van der Waals surface area contributed by atoms with Crippen LogP contribution < -0.4 is 25.8 Å². The maximum atomic E-state index is 14.9. The molecule has 3 aliphatic rings. The lowest BCUT2D eigenvalue weighted by Gasteiger charge is -2.42. The van der Waals surface area contributed by atoms with E-state index in [4.69, 9.17) is 19.2 Å². The van der Waals surface area contributed by atoms with E-state index in [1.165, 1.54) is 17.9 Å². The number of aromatic nitrogens is 4. The standard InChI is InChI=1S/C51H64F3N13O8/c1-30(2)43(61-47(71)75-49(5,6)7)45(69)58-32(4)44(68)59-36-13-11-33(12-14-36)26-74-48(72)66(17-15-56-63-55)40-20-35(50(27-73-28-50)22-42-62-57-29-64(42)8)21-41(60-40)67-25-38-37(46(67)70)18-34(19-39(38)51(52,53)54)24-65-16-9-10-31(3)23-65/h11-14,18-21,29-32,43H,9-10,15-17,22-28H2,1-8H3,(H,58,69)(H,59,68)(H,61,71)/t31-,32?,43?/m0/s1. The summed E-state index contributed by atoms with van der Waals surface area (Å²) in [4.78, 5) is 79.5. The number of hydrogen-bond donors (Lipinski definition) is 3. The summed E-state index contributed by atoms with van der Waals surface area (Å²) in [5.41, 5.74) is 8.23. The fourth-order valence-corrected chi connectivity index (χ4v) is 9.24. The van der Waals surface area contributed by atoms with E-state index in [1.54, 1.807) is 89.0 Å². The molecule has 0 saturated carbocycles. The van der Waals surface area contributed by atoms with E-state index in [0.717, 1.165) is 36.9 Å². The molecule has 2 aromatic carbocycles. The molecule has 3 N–H and O–H groups in total. The molecular formula is C51H64F3N13O8. The third-order valence-corrected chi connectivity index (χ3v) is 13.2. The van der Waals surface area contributed by atoms with Gasteiger partial charge in [-0.1, -0.05) is 38.0 Å². The normalized spacial score (nSPS) is 17.3. The Morgan fingerprint density at radius 3 is 2.37 bits per heavy atom. The third-order valence-electron chi connectivity index (χ3n) is 13.2. The average Bonchev–Trinajstić information content (AvgIpc) is 3.89. The van der Waals surface area contributed by atoms with Gasteiger partial charge in [-0.2, -0.15) is 13.2 Å². The van der Waals surface area contributed by atoms with E-state index in [9.17, 15) is 42.7 Å². The van der Waals surface area contributed by atoms with Crippen LogP contribution in [-0.2, 0) is 68.6 Å². The summed E-state index contributed by atoms with van der Waals surface area (Å²) in [6.45, 7) is 13.0. The number of azide groups is 1. The number of halogens is 3. The summed E-state index contributed by atoms with van der Waals surface area (Å²) in [7, 11) is 1.78. The number of nitrogens with one attached hydrogen (secondary N) is 3. The van der Waals surface area contributed by atoms with E-state index in [2.05, 4.69) is 48.0 Å². The number of hydrogen-bond acceptors (Lipinski definition) is 13. The number of fused-ring (bicyclic) bond motifs is 1. The minimum atomic E-state index is -4.77. The van der Waals surface area contributed by atoms with Crippen LogP contribution in [-0.4, -0.2) is 112 Å². The largest absolute Gasteiger partial charge is 0.444 e. The summed E-state index contributed by atoms with van der Waals surface area (Å²) in [5.74, 6) is -1.23. The summed E-state index contributed by atoms with van der Waals surface area (Å²) in [6, 6.07) is 10.3.